The largest absolute Gasteiger partial charge is 0.466 e. The SMILES string of the molecule is CC/C(=C(/C)C(=O)OC)c1cccc([N+](=O)[O-])c1. The van der Waals surface area contributed by atoms with Crippen molar-refractivity contribution in [2.75, 3.05) is 7.11 Å². The molecular weight excluding hydrogens is 234 g/mol. The summed E-state index contributed by atoms with van der Waals surface area (Å²) in [4.78, 5) is 21.8. The van der Waals surface area contributed by atoms with Gasteiger partial charge in [0, 0.05) is 17.7 Å². The quantitative estimate of drug-likeness (QED) is 0.356. The van der Waals surface area contributed by atoms with Gasteiger partial charge in [0.2, 0.25) is 0 Å². The number of carbonyl (C=O) groups is 1. The summed E-state index contributed by atoms with van der Waals surface area (Å²) < 4.78 is 4.66. The summed E-state index contributed by atoms with van der Waals surface area (Å²) in [5, 5.41) is 10.7. The summed E-state index contributed by atoms with van der Waals surface area (Å²) >= 11 is 0. The van der Waals surface area contributed by atoms with E-state index in [9.17, 15) is 14.9 Å². The Morgan fingerprint density at radius 2 is 2.11 bits per heavy atom. The Balaban J connectivity index is 3.29. The molecule has 0 heterocycles. The van der Waals surface area contributed by atoms with Gasteiger partial charge in [-0.15, -0.1) is 0 Å². The predicted molar refractivity (Wildman–Crippen MR) is 68.0 cm³/mol. The maximum absolute atomic E-state index is 11.5. The Hall–Kier alpha value is -2.17. The first-order chi connectivity index (χ1) is 8.51. The topological polar surface area (TPSA) is 69.4 Å². The van der Waals surface area contributed by atoms with Crippen molar-refractivity contribution in [1.82, 2.24) is 0 Å². The smallest absolute Gasteiger partial charge is 0.333 e. The number of esters is 1. The van der Waals surface area contributed by atoms with E-state index in [0.717, 1.165) is 5.57 Å². The minimum Gasteiger partial charge on any atom is -0.466 e. The molecule has 1 rings (SSSR count). The van der Waals surface area contributed by atoms with Gasteiger partial charge in [0.05, 0.1) is 12.0 Å². The summed E-state index contributed by atoms with van der Waals surface area (Å²) in [7, 11) is 1.31. The van der Waals surface area contributed by atoms with E-state index in [1.54, 1.807) is 19.1 Å². The van der Waals surface area contributed by atoms with E-state index in [4.69, 9.17) is 0 Å². The molecule has 0 saturated carbocycles. The van der Waals surface area contributed by atoms with E-state index >= 15 is 0 Å². The van der Waals surface area contributed by atoms with Crippen LogP contribution in [0, 0.1) is 10.1 Å². The van der Waals surface area contributed by atoms with Crippen LogP contribution in [-0.4, -0.2) is 18.0 Å². The van der Waals surface area contributed by atoms with Crippen molar-refractivity contribution < 1.29 is 14.5 Å². The average Bonchev–Trinajstić information content (AvgIpc) is 2.38. The monoisotopic (exact) mass is 249 g/mol. The molecule has 0 fully saturated rings. The van der Waals surface area contributed by atoms with E-state index < -0.39 is 10.9 Å². The lowest BCUT2D eigenvalue weighted by molar-refractivity contribution is -0.384. The number of allylic oxidation sites excluding steroid dienone is 1. The maximum atomic E-state index is 11.5. The molecule has 0 aromatic heterocycles. The van der Waals surface area contributed by atoms with Crippen molar-refractivity contribution in [3.8, 4) is 0 Å². The highest BCUT2D eigenvalue weighted by atomic mass is 16.6. The zero-order valence-corrected chi connectivity index (χ0v) is 10.6. The van der Waals surface area contributed by atoms with Gasteiger partial charge in [-0.2, -0.15) is 0 Å². The third kappa shape index (κ3) is 2.94. The molecule has 96 valence electrons. The van der Waals surface area contributed by atoms with E-state index in [0.29, 0.717) is 17.6 Å². The van der Waals surface area contributed by atoms with Gasteiger partial charge in [-0.25, -0.2) is 4.79 Å². The van der Waals surface area contributed by atoms with E-state index in [1.165, 1.54) is 19.2 Å². The summed E-state index contributed by atoms with van der Waals surface area (Å²) in [6.45, 7) is 3.55. The summed E-state index contributed by atoms with van der Waals surface area (Å²) in [6, 6.07) is 6.24. The van der Waals surface area contributed by atoms with Crippen molar-refractivity contribution in [2.24, 2.45) is 0 Å². The molecule has 0 N–H and O–H groups in total. The van der Waals surface area contributed by atoms with Gasteiger partial charge in [-0.1, -0.05) is 19.1 Å². The third-order valence-electron chi connectivity index (χ3n) is 2.70. The number of benzene rings is 1. The fraction of sp³-hybridized carbons (Fsp3) is 0.308. The first-order valence-corrected chi connectivity index (χ1v) is 5.54. The number of carbonyl (C=O) groups excluding carboxylic acids is 1. The first-order valence-electron chi connectivity index (χ1n) is 5.54. The number of nitro groups is 1. The molecule has 0 bridgehead atoms. The van der Waals surface area contributed by atoms with Crippen molar-refractivity contribution in [3.05, 3.63) is 45.5 Å². The van der Waals surface area contributed by atoms with Crippen molar-refractivity contribution in [3.63, 3.8) is 0 Å². The maximum Gasteiger partial charge on any atom is 0.333 e. The lowest BCUT2D eigenvalue weighted by Gasteiger charge is -2.09. The highest BCUT2D eigenvalue weighted by Crippen LogP contribution is 2.25. The van der Waals surface area contributed by atoms with Crippen molar-refractivity contribution >= 4 is 17.2 Å². The molecule has 0 aliphatic rings. The van der Waals surface area contributed by atoms with Crippen LogP contribution in [0.4, 0.5) is 5.69 Å². The summed E-state index contributed by atoms with van der Waals surface area (Å²) in [6.07, 6.45) is 0.599. The number of hydrogen-bond donors (Lipinski definition) is 0. The van der Waals surface area contributed by atoms with Gasteiger partial charge >= 0.3 is 5.97 Å². The molecule has 5 nitrogen and oxygen atoms in total. The van der Waals surface area contributed by atoms with Crippen LogP contribution in [-0.2, 0) is 9.53 Å². The number of methoxy groups -OCH3 is 1. The normalized spacial score (nSPS) is 11.7. The van der Waals surface area contributed by atoms with Gasteiger partial charge in [-0.3, -0.25) is 10.1 Å². The van der Waals surface area contributed by atoms with Gasteiger partial charge in [-0.05, 0) is 24.5 Å². The van der Waals surface area contributed by atoms with E-state index in [2.05, 4.69) is 4.74 Å². The molecule has 0 atom stereocenters. The molecular formula is C13H15NO4. The Morgan fingerprint density at radius 3 is 2.61 bits per heavy atom. The molecule has 18 heavy (non-hydrogen) atoms. The lowest BCUT2D eigenvalue weighted by atomic mass is 9.98. The zero-order chi connectivity index (χ0) is 13.7. The second kappa shape index (κ2) is 5.95. The Morgan fingerprint density at radius 1 is 1.44 bits per heavy atom. The van der Waals surface area contributed by atoms with Crippen LogP contribution in [0.2, 0.25) is 0 Å². The number of nitrogens with zero attached hydrogens (tertiary/aromatic N) is 1. The molecule has 0 unspecified atom stereocenters. The van der Waals surface area contributed by atoms with Crippen molar-refractivity contribution in [1.29, 1.82) is 0 Å². The molecule has 0 radical (unpaired) electrons. The van der Waals surface area contributed by atoms with Crippen LogP contribution in [0.5, 0.6) is 0 Å². The number of ether oxygens (including phenoxy) is 1. The Labute approximate surface area is 105 Å². The fourth-order valence-electron chi connectivity index (χ4n) is 1.77. The lowest BCUT2D eigenvalue weighted by Crippen LogP contribution is -2.04. The highest BCUT2D eigenvalue weighted by Gasteiger charge is 2.14. The molecule has 0 saturated heterocycles. The average molecular weight is 249 g/mol. The Bertz CT molecular complexity index is 505. The second-order valence-corrected chi connectivity index (χ2v) is 3.76. The van der Waals surface area contributed by atoms with Gasteiger partial charge in [0.15, 0.2) is 0 Å². The highest BCUT2D eigenvalue weighted by molar-refractivity contribution is 5.97. The second-order valence-electron chi connectivity index (χ2n) is 3.76. The molecule has 1 aromatic rings. The Kier molecular flexibility index (Phi) is 4.59. The van der Waals surface area contributed by atoms with Crippen LogP contribution in [0.1, 0.15) is 25.8 Å². The van der Waals surface area contributed by atoms with Gasteiger partial charge < -0.3 is 4.74 Å². The van der Waals surface area contributed by atoms with Crippen LogP contribution in [0.3, 0.4) is 0 Å². The van der Waals surface area contributed by atoms with Gasteiger partial charge in [0.1, 0.15) is 0 Å². The number of rotatable bonds is 4. The van der Waals surface area contributed by atoms with Crippen molar-refractivity contribution in [2.45, 2.75) is 20.3 Å². The summed E-state index contributed by atoms with van der Waals surface area (Å²) in [5.74, 6) is -0.418. The fourth-order valence-corrected chi connectivity index (χ4v) is 1.77. The summed E-state index contributed by atoms with van der Waals surface area (Å²) in [5.41, 5.74) is 1.91. The minimum atomic E-state index is -0.454. The number of nitro benzene ring substituents is 1. The first kappa shape index (κ1) is 13.9. The molecule has 0 aliphatic heterocycles. The van der Waals surface area contributed by atoms with Crippen LogP contribution in [0.15, 0.2) is 29.8 Å². The van der Waals surface area contributed by atoms with E-state index in [-0.39, 0.29) is 5.69 Å². The van der Waals surface area contributed by atoms with E-state index in [1.807, 2.05) is 6.92 Å². The number of non-ortho nitro benzene ring substituents is 1. The van der Waals surface area contributed by atoms with Crippen LogP contribution < -0.4 is 0 Å². The van der Waals surface area contributed by atoms with Crippen LogP contribution >= 0.6 is 0 Å². The molecule has 1 aromatic carbocycles. The predicted octanol–water partition coefficient (Wildman–Crippen LogP) is 2.95. The van der Waals surface area contributed by atoms with Gasteiger partial charge in [0.25, 0.3) is 5.69 Å². The molecule has 0 aliphatic carbocycles. The van der Waals surface area contributed by atoms with Crippen LogP contribution in [0.25, 0.3) is 5.57 Å². The zero-order valence-electron chi connectivity index (χ0n) is 10.6. The molecule has 5 heteroatoms. The third-order valence-corrected chi connectivity index (χ3v) is 2.70. The number of hydrogen-bond acceptors (Lipinski definition) is 4. The molecule has 0 amide bonds. The minimum absolute atomic E-state index is 0.0103. The standard InChI is InChI=1S/C13H15NO4/c1-4-12(9(2)13(15)18-3)10-6-5-7-11(8-10)14(16)17/h5-8H,4H2,1-3H3/b12-9+. The molecule has 0 spiro atoms.